The van der Waals surface area contributed by atoms with Gasteiger partial charge in [0.15, 0.2) is 0 Å². The summed E-state index contributed by atoms with van der Waals surface area (Å²) in [5.41, 5.74) is 5.39. The van der Waals surface area contributed by atoms with Crippen molar-refractivity contribution in [1.29, 1.82) is 0 Å². The molecule has 2 aromatic carbocycles. The van der Waals surface area contributed by atoms with Gasteiger partial charge in [0.1, 0.15) is 6.61 Å². The first-order valence-electron chi connectivity index (χ1n) is 7.80. The van der Waals surface area contributed by atoms with E-state index in [-0.39, 0.29) is 12.0 Å². The van der Waals surface area contributed by atoms with Crippen molar-refractivity contribution in [2.45, 2.75) is 18.8 Å². The summed E-state index contributed by atoms with van der Waals surface area (Å²) < 4.78 is 5.03. The largest absolute Gasteiger partial charge is 0.480 e. The summed E-state index contributed by atoms with van der Waals surface area (Å²) in [5, 5.41) is 19.1. The van der Waals surface area contributed by atoms with Crippen LogP contribution in [0, 0.1) is 6.92 Å². The first-order valence-corrected chi connectivity index (χ1v) is 7.80. The van der Waals surface area contributed by atoms with Crippen molar-refractivity contribution >= 4 is 23.6 Å². The Balaban J connectivity index is 2.19. The molecule has 7 heteroatoms. The monoisotopic (exact) mass is 357 g/mol. The lowest BCUT2D eigenvalue weighted by Crippen LogP contribution is -2.48. The van der Waals surface area contributed by atoms with E-state index in [0.29, 0.717) is 11.3 Å². The fourth-order valence-corrected chi connectivity index (χ4v) is 2.52. The molecule has 7 nitrogen and oxygen atoms in total. The molecule has 0 heterocycles. The second-order valence-corrected chi connectivity index (χ2v) is 5.91. The minimum absolute atomic E-state index is 0.0242. The summed E-state index contributed by atoms with van der Waals surface area (Å²) in [6.07, 6.45) is -0.120. The summed E-state index contributed by atoms with van der Waals surface area (Å²) in [6, 6.07) is 12.5. The van der Waals surface area contributed by atoms with Crippen LogP contribution in [-0.2, 0) is 31.0 Å². The van der Waals surface area contributed by atoms with E-state index in [1.54, 1.807) is 31.2 Å². The standard InChI is InChI=1S/C19H19NO6/c1-12-9-13(7-8-15(12)20)10-16(21)26-11-19(17(22)23,18(24)25)14-5-3-2-4-6-14/h2-9H,10-11,20H2,1H3,(H,22,23)(H,24,25). The molecule has 0 radical (unpaired) electrons. The summed E-state index contributed by atoms with van der Waals surface area (Å²) in [4.78, 5) is 35.6. The van der Waals surface area contributed by atoms with Crippen LogP contribution in [0.4, 0.5) is 5.69 Å². The van der Waals surface area contributed by atoms with Crippen LogP contribution in [0.2, 0.25) is 0 Å². The van der Waals surface area contributed by atoms with Gasteiger partial charge in [-0.2, -0.15) is 0 Å². The molecule has 0 unspecified atom stereocenters. The number of nitrogens with two attached hydrogens (primary N) is 1. The lowest BCUT2D eigenvalue weighted by molar-refractivity contribution is -0.163. The third-order valence-electron chi connectivity index (χ3n) is 4.13. The number of nitrogen functional groups attached to an aromatic ring is 1. The lowest BCUT2D eigenvalue weighted by Gasteiger charge is -2.25. The first kappa shape index (κ1) is 19.0. The van der Waals surface area contributed by atoms with Crippen molar-refractivity contribution < 1.29 is 29.3 Å². The summed E-state index contributed by atoms with van der Waals surface area (Å²) in [6.45, 7) is 0.980. The number of carboxylic acids is 2. The topological polar surface area (TPSA) is 127 Å². The van der Waals surface area contributed by atoms with Crippen LogP contribution in [0.25, 0.3) is 0 Å². The third-order valence-corrected chi connectivity index (χ3v) is 4.13. The molecular weight excluding hydrogens is 338 g/mol. The SMILES string of the molecule is Cc1cc(CC(=O)OCC(C(=O)O)(C(=O)O)c2ccccc2)ccc1N. The van der Waals surface area contributed by atoms with Gasteiger partial charge in [-0.25, -0.2) is 0 Å². The van der Waals surface area contributed by atoms with Crippen LogP contribution in [0.3, 0.4) is 0 Å². The molecule has 136 valence electrons. The highest BCUT2D eigenvalue weighted by Crippen LogP contribution is 2.26. The molecule has 0 amide bonds. The van der Waals surface area contributed by atoms with E-state index in [9.17, 15) is 24.6 Å². The van der Waals surface area contributed by atoms with Crippen molar-refractivity contribution in [1.82, 2.24) is 0 Å². The minimum Gasteiger partial charge on any atom is -0.480 e. The van der Waals surface area contributed by atoms with Crippen LogP contribution >= 0.6 is 0 Å². The number of carbonyl (C=O) groups is 3. The predicted octanol–water partition coefficient (Wildman–Crippen LogP) is 1.77. The van der Waals surface area contributed by atoms with Gasteiger partial charge < -0.3 is 20.7 Å². The van der Waals surface area contributed by atoms with Crippen LogP contribution in [0.1, 0.15) is 16.7 Å². The molecule has 0 saturated carbocycles. The van der Waals surface area contributed by atoms with E-state index in [4.69, 9.17) is 10.5 Å². The maximum atomic E-state index is 12.1. The van der Waals surface area contributed by atoms with Gasteiger partial charge in [-0.15, -0.1) is 0 Å². The Labute approximate surface area is 150 Å². The molecule has 0 spiro atoms. The Bertz CT molecular complexity index is 817. The molecule has 2 aromatic rings. The molecule has 26 heavy (non-hydrogen) atoms. The summed E-state index contributed by atoms with van der Waals surface area (Å²) >= 11 is 0. The fourth-order valence-electron chi connectivity index (χ4n) is 2.52. The third kappa shape index (κ3) is 3.83. The highest BCUT2D eigenvalue weighted by molar-refractivity contribution is 6.05. The van der Waals surface area contributed by atoms with Crippen LogP contribution in [0.15, 0.2) is 48.5 Å². The number of rotatable bonds is 7. The lowest BCUT2D eigenvalue weighted by atomic mass is 9.81. The second-order valence-electron chi connectivity index (χ2n) is 5.91. The van der Waals surface area contributed by atoms with Gasteiger partial charge >= 0.3 is 17.9 Å². The van der Waals surface area contributed by atoms with Gasteiger partial charge in [-0.05, 0) is 29.7 Å². The molecular formula is C19H19NO6. The Kier molecular flexibility index (Phi) is 5.61. The molecule has 2 rings (SSSR count). The number of anilines is 1. The van der Waals surface area contributed by atoms with Gasteiger partial charge in [0.25, 0.3) is 0 Å². The Morgan fingerprint density at radius 3 is 2.19 bits per heavy atom. The maximum absolute atomic E-state index is 12.1. The van der Waals surface area contributed by atoms with Crippen molar-refractivity contribution in [3.8, 4) is 0 Å². The number of esters is 1. The number of carbonyl (C=O) groups excluding carboxylic acids is 1. The Hall–Kier alpha value is -3.35. The van der Waals surface area contributed by atoms with Crippen molar-refractivity contribution in [2.24, 2.45) is 0 Å². The van der Waals surface area contributed by atoms with Gasteiger partial charge in [0.2, 0.25) is 5.41 Å². The normalized spacial score (nSPS) is 11.0. The van der Waals surface area contributed by atoms with Crippen molar-refractivity contribution in [3.05, 3.63) is 65.2 Å². The predicted molar refractivity (Wildman–Crippen MR) is 93.6 cm³/mol. The summed E-state index contributed by atoms with van der Waals surface area (Å²) in [5.74, 6) is -3.93. The average molecular weight is 357 g/mol. The number of aliphatic carboxylic acids is 2. The molecule has 0 aliphatic heterocycles. The van der Waals surface area contributed by atoms with E-state index in [1.807, 2.05) is 0 Å². The van der Waals surface area contributed by atoms with Gasteiger partial charge in [-0.1, -0.05) is 42.5 Å². The average Bonchev–Trinajstić information content (AvgIpc) is 2.59. The molecule has 0 fully saturated rings. The fraction of sp³-hybridized carbons (Fsp3) is 0.211. The van der Waals surface area contributed by atoms with Crippen LogP contribution in [-0.4, -0.2) is 34.7 Å². The zero-order valence-electron chi connectivity index (χ0n) is 14.1. The van der Waals surface area contributed by atoms with Crippen molar-refractivity contribution in [3.63, 3.8) is 0 Å². The first-order chi connectivity index (χ1) is 12.3. The van der Waals surface area contributed by atoms with E-state index in [2.05, 4.69) is 0 Å². The molecule has 0 bridgehead atoms. The zero-order chi connectivity index (χ0) is 19.3. The second kappa shape index (κ2) is 7.69. The molecule has 0 saturated heterocycles. The number of carboxylic acid groups (broad SMARTS) is 2. The molecule has 0 aromatic heterocycles. The number of hydrogen-bond acceptors (Lipinski definition) is 5. The van der Waals surface area contributed by atoms with Crippen LogP contribution < -0.4 is 5.73 Å². The molecule has 0 atom stereocenters. The number of ether oxygens (including phenoxy) is 1. The van der Waals surface area contributed by atoms with Gasteiger partial charge in [-0.3, -0.25) is 14.4 Å². The Morgan fingerprint density at radius 2 is 1.65 bits per heavy atom. The van der Waals surface area contributed by atoms with Crippen LogP contribution in [0.5, 0.6) is 0 Å². The number of hydrogen-bond donors (Lipinski definition) is 3. The van der Waals surface area contributed by atoms with Gasteiger partial charge in [0.05, 0.1) is 6.42 Å². The minimum atomic E-state index is -2.37. The van der Waals surface area contributed by atoms with Crippen molar-refractivity contribution in [2.75, 3.05) is 12.3 Å². The van der Waals surface area contributed by atoms with E-state index in [0.717, 1.165) is 5.56 Å². The van der Waals surface area contributed by atoms with E-state index in [1.165, 1.54) is 24.3 Å². The molecule has 4 N–H and O–H groups in total. The quantitative estimate of drug-likeness (QED) is 0.391. The Morgan fingerprint density at radius 1 is 1.04 bits per heavy atom. The summed E-state index contributed by atoms with van der Waals surface area (Å²) in [7, 11) is 0. The maximum Gasteiger partial charge on any atom is 0.329 e. The molecule has 0 aliphatic rings. The van der Waals surface area contributed by atoms with Gasteiger partial charge in [0, 0.05) is 5.69 Å². The zero-order valence-corrected chi connectivity index (χ0v) is 14.1. The smallest absolute Gasteiger partial charge is 0.329 e. The highest BCUT2D eigenvalue weighted by Gasteiger charge is 2.50. The van der Waals surface area contributed by atoms with E-state index >= 15 is 0 Å². The molecule has 0 aliphatic carbocycles. The number of aryl methyl sites for hydroxylation is 1. The highest BCUT2D eigenvalue weighted by atomic mass is 16.5. The number of benzene rings is 2. The van der Waals surface area contributed by atoms with E-state index < -0.39 is 29.9 Å².